The van der Waals surface area contributed by atoms with E-state index < -0.39 is 0 Å². The Morgan fingerprint density at radius 1 is 1.12 bits per heavy atom. The van der Waals surface area contributed by atoms with E-state index in [4.69, 9.17) is 18.6 Å². The fraction of sp³-hybridized carbons (Fsp3) is 0.346. The molecule has 0 saturated carbocycles. The molecule has 1 aromatic heterocycles. The molecule has 1 N–H and O–H groups in total. The molecule has 0 bridgehead atoms. The number of hydrogen-bond acceptors (Lipinski definition) is 5. The number of rotatable bonds is 9. The lowest BCUT2D eigenvalue weighted by molar-refractivity contribution is -0.116. The van der Waals surface area contributed by atoms with Gasteiger partial charge in [-0.25, -0.2) is 0 Å². The van der Waals surface area contributed by atoms with Gasteiger partial charge in [0.05, 0.1) is 27.1 Å². The monoisotopic (exact) mass is 437 g/mol. The van der Waals surface area contributed by atoms with E-state index in [0.29, 0.717) is 31.1 Å². The van der Waals surface area contributed by atoms with Gasteiger partial charge >= 0.3 is 0 Å². The minimum atomic E-state index is -0.146. The molecule has 32 heavy (non-hydrogen) atoms. The van der Waals surface area contributed by atoms with Crippen molar-refractivity contribution >= 4 is 22.4 Å². The summed E-state index contributed by atoms with van der Waals surface area (Å²) in [6.07, 6.45) is 4.05. The van der Waals surface area contributed by atoms with Crippen molar-refractivity contribution in [2.45, 2.75) is 34.1 Å². The second-order valence-corrected chi connectivity index (χ2v) is 7.66. The van der Waals surface area contributed by atoms with Gasteiger partial charge in [-0.2, -0.15) is 0 Å². The highest BCUT2D eigenvalue weighted by molar-refractivity contribution is 5.98. The molecule has 2 aromatic carbocycles. The summed E-state index contributed by atoms with van der Waals surface area (Å²) in [7, 11) is 3.22. The first-order valence-electron chi connectivity index (χ1n) is 10.7. The quantitative estimate of drug-likeness (QED) is 0.464. The minimum Gasteiger partial charge on any atom is -0.493 e. The van der Waals surface area contributed by atoms with Crippen LogP contribution in [0.2, 0.25) is 0 Å². The summed E-state index contributed by atoms with van der Waals surface area (Å²) in [5.41, 5.74) is 5.60. The third-order valence-corrected chi connectivity index (χ3v) is 5.46. The van der Waals surface area contributed by atoms with Gasteiger partial charge in [-0.3, -0.25) is 4.79 Å². The molecular weight excluding hydrogens is 406 g/mol. The highest BCUT2D eigenvalue weighted by atomic mass is 16.5. The zero-order valence-corrected chi connectivity index (χ0v) is 19.6. The Hall–Kier alpha value is -3.41. The van der Waals surface area contributed by atoms with Crippen LogP contribution in [-0.4, -0.2) is 33.3 Å². The summed E-state index contributed by atoms with van der Waals surface area (Å²) in [5.74, 6) is 1.97. The molecule has 1 heterocycles. The molecule has 0 aliphatic carbocycles. The Balaban J connectivity index is 1.74. The van der Waals surface area contributed by atoms with Crippen LogP contribution >= 0.6 is 0 Å². The molecule has 0 radical (unpaired) electrons. The first-order chi connectivity index (χ1) is 15.4. The molecule has 1 amide bonds. The molecule has 3 rings (SSSR count). The molecule has 0 atom stereocenters. The number of benzene rings is 2. The smallest absolute Gasteiger partial charge is 0.244 e. The van der Waals surface area contributed by atoms with Gasteiger partial charge in [-0.05, 0) is 69.0 Å². The van der Waals surface area contributed by atoms with Gasteiger partial charge in [-0.15, -0.1) is 0 Å². The van der Waals surface area contributed by atoms with Crippen LogP contribution in [0.15, 0.2) is 41.0 Å². The lowest BCUT2D eigenvalue weighted by Crippen LogP contribution is -2.23. The van der Waals surface area contributed by atoms with Crippen LogP contribution in [0.1, 0.15) is 36.1 Å². The van der Waals surface area contributed by atoms with Crippen molar-refractivity contribution in [2.75, 3.05) is 27.4 Å². The number of allylic oxidation sites excluding steroid dienone is 1. The van der Waals surface area contributed by atoms with Gasteiger partial charge in [-0.1, -0.05) is 6.07 Å². The van der Waals surface area contributed by atoms with Crippen LogP contribution in [-0.2, 0) is 11.2 Å². The first kappa shape index (κ1) is 23.3. The Morgan fingerprint density at radius 2 is 1.88 bits per heavy atom. The van der Waals surface area contributed by atoms with Gasteiger partial charge in [0, 0.05) is 29.1 Å². The summed E-state index contributed by atoms with van der Waals surface area (Å²) < 4.78 is 22.2. The van der Waals surface area contributed by atoms with Gasteiger partial charge in [0.1, 0.15) is 11.3 Å². The molecule has 0 saturated heterocycles. The number of carbonyl (C=O) groups excluding carboxylic acids is 1. The van der Waals surface area contributed by atoms with E-state index in [9.17, 15) is 4.79 Å². The molecule has 0 aliphatic heterocycles. The van der Waals surface area contributed by atoms with E-state index in [2.05, 4.69) is 5.32 Å². The summed E-state index contributed by atoms with van der Waals surface area (Å²) in [5, 5.41) is 3.99. The standard InChI is InChI=1S/C26H31NO5/c1-7-31-25-18(4)26-21(17(3)15-32-26)14-20(25)16(2)12-24(28)27-11-10-19-8-9-22(29-5)23(13-19)30-6/h8-9,12-15H,7,10-11H2,1-6H3,(H,27,28)/b16-12+. The maximum absolute atomic E-state index is 12.6. The van der Waals surface area contributed by atoms with Crippen LogP contribution in [0.4, 0.5) is 0 Å². The predicted molar refractivity (Wildman–Crippen MR) is 127 cm³/mol. The highest BCUT2D eigenvalue weighted by Crippen LogP contribution is 2.37. The van der Waals surface area contributed by atoms with E-state index in [1.807, 2.05) is 52.0 Å². The van der Waals surface area contributed by atoms with Crippen molar-refractivity contribution < 1.29 is 23.4 Å². The molecule has 6 heteroatoms. The van der Waals surface area contributed by atoms with Crippen LogP contribution in [0, 0.1) is 13.8 Å². The SMILES string of the molecule is CCOc1c(/C(C)=C/C(=O)NCCc2ccc(OC)c(OC)c2)cc2c(C)coc2c1C. The molecule has 170 valence electrons. The molecule has 3 aromatic rings. The van der Waals surface area contributed by atoms with Crippen molar-refractivity contribution in [3.8, 4) is 17.2 Å². The summed E-state index contributed by atoms with van der Waals surface area (Å²) >= 11 is 0. The van der Waals surface area contributed by atoms with E-state index in [0.717, 1.165) is 44.5 Å². The number of methoxy groups -OCH3 is 2. The zero-order chi connectivity index (χ0) is 23.3. The lowest BCUT2D eigenvalue weighted by atomic mass is 9.98. The second-order valence-electron chi connectivity index (χ2n) is 7.66. The average molecular weight is 438 g/mol. The van der Waals surface area contributed by atoms with Crippen LogP contribution in [0.5, 0.6) is 17.2 Å². The van der Waals surface area contributed by atoms with Crippen molar-refractivity contribution in [1.82, 2.24) is 5.32 Å². The number of ether oxygens (including phenoxy) is 3. The fourth-order valence-electron chi connectivity index (χ4n) is 3.75. The summed E-state index contributed by atoms with van der Waals surface area (Å²) in [6.45, 7) is 8.90. The lowest BCUT2D eigenvalue weighted by Gasteiger charge is -2.14. The number of carbonyl (C=O) groups is 1. The van der Waals surface area contributed by atoms with E-state index in [1.54, 1.807) is 26.6 Å². The third-order valence-electron chi connectivity index (χ3n) is 5.46. The van der Waals surface area contributed by atoms with E-state index in [-0.39, 0.29) is 5.91 Å². The van der Waals surface area contributed by atoms with Crippen molar-refractivity contribution in [3.05, 3.63) is 58.9 Å². The van der Waals surface area contributed by atoms with Gasteiger partial charge < -0.3 is 23.9 Å². The molecule has 0 spiro atoms. The maximum Gasteiger partial charge on any atom is 0.244 e. The Morgan fingerprint density at radius 3 is 2.56 bits per heavy atom. The average Bonchev–Trinajstić information content (AvgIpc) is 3.16. The number of aryl methyl sites for hydroxylation is 2. The summed E-state index contributed by atoms with van der Waals surface area (Å²) in [6, 6.07) is 7.79. The molecule has 6 nitrogen and oxygen atoms in total. The molecule has 0 unspecified atom stereocenters. The van der Waals surface area contributed by atoms with Crippen molar-refractivity contribution in [2.24, 2.45) is 0 Å². The topological polar surface area (TPSA) is 69.9 Å². The van der Waals surface area contributed by atoms with E-state index >= 15 is 0 Å². The highest BCUT2D eigenvalue weighted by Gasteiger charge is 2.17. The van der Waals surface area contributed by atoms with E-state index in [1.165, 1.54) is 0 Å². The number of fused-ring (bicyclic) bond motifs is 1. The van der Waals surface area contributed by atoms with Crippen LogP contribution in [0.3, 0.4) is 0 Å². The van der Waals surface area contributed by atoms with Crippen LogP contribution < -0.4 is 19.5 Å². The van der Waals surface area contributed by atoms with Crippen molar-refractivity contribution in [1.29, 1.82) is 0 Å². The third kappa shape index (κ3) is 4.90. The molecule has 0 aliphatic rings. The minimum absolute atomic E-state index is 0.146. The molecule has 0 fully saturated rings. The second kappa shape index (κ2) is 10.3. The van der Waals surface area contributed by atoms with Gasteiger partial charge in [0.2, 0.25) is 5.91 Å². The Labute approximate surface area is 189 Å². The number of furan rings is 1. The number of hydrogen-bond donors (Lipinski definition) is 1. The van der Waals surface area contributed by atoms with Gasteiger partial charge in [0.15, 0.2) is 11.5 Å². The Kier molecular flexibility index (Phi) is 7.46. The number of amides is 1. The summed E-state index contributed by atoms with van der Waals surface area (Å²) in [4.78, 5) is 12.6. The maximum atomic E-state index is 12.6. The largest absolute Gasteiger partial charge is 0.493 e. The predicted octanol–water partition coefficient (Wildman–Crippen LogP) is 5.23. The first-order valence-corrected chi connectivity index (χ1v) is 10.7. The van der Waals surface area contributed by atoms with Crippen LogP contribution in [0.25, 0.3) is 16.5 Å². The fourth-order valence-corrected chi connectivity index (χ4v) is 3.75. The molecular formula is C26H31NO5. The van der Waals surface area contributed by atoms with Gasteiger partial charge in [0.25, 0.3) is 0 Å². The van der Waals surface area contributed by atoms with Crippen molar-refractivity contribution in [3.63, 3.8) is 0 Å². The Bertz CT molecular complexity index is 1140. The zero-order valence-electron chi connectivity index (χ0n) is 19.6. The number of nitrogens with one attached hydrogen (secondary N) is 1. The normalized spacial score (nSPS) is 11.5.